The lowest BCUT2D eigenvalue weighted by Crippen LogP contribution is -2.04. The smallest absolute Gasteiger partial charge is 0.128 e. The zero-order valence-electron chi connectivity index (χ0n) is 4.28. The van der Waals surface area contributed by atoms with Gasteiger partial charge in [-0.25, -0.2) is 0 Å². The van der Waals surface area contributed by atoms with E-state index in [2.05, 4.69) is 9.98 Å². The van der Waals surface area contributed by atoms with Crippen molar-refractivity contribution in [2.75, 3.05) is 6.67 Å². The summed E-state index contributed by atoms with van der Waals surface area (Å²) in [6, 6.07) is 2.01. The highest BCUT2D eigenvalue weighted by Crippen LogP contribution is 1.90. The molecule has 1 heterocycles. The Hall–Kier alpha value is -1.17. The molecule has 3 heteroatoms. The molecule has 40 valence electrons. The van der Waals surface area contributed by atoms with Gasteiger partial charge in [-0.2, -0.15) is 5.26 Å². The van der Waals surface area contributed by atoms with Crippen molar-refractivity contribution in [3.05, 3.63) is 0 Å². The molecule has 0 bridgehead atoms. The quantitative estimate of drug-likeness (QED) is 0.437. The van der Waals surface area contributed by atoms with Crippen LogP contribution in [0.5, 0.6) is 0 Å². The highest BCUT2D eigenvalue weighted by molar-refractivity contribution is 5.87. The first-order valence-corrected chi connectivity index (χ1v) is 2.33. The molecule has 0 atom stereocenters. The first-order valence-electron chi connectivity index (χ1n) is 2.33. The third kappa shape index (κ3) is 0.909. The van der Waals surface area contributed by atoms with Gasteiger partial charge in [0.2, 0.25) is 0 Å². The number of hydrogen-bond donors (Lipinski definition) is 0. The summed E-state index contributed by atoms with van der Waals surface area (Å²) in [7, 11) is 0. The molecule has 1 rings (SSSR count). The SMILES string of the molecule is N#CC1C=NCN=C1. The fourth-order valence-corrected chi connectivity index (χ4v) is 0.474. The number of hydrogen-bond acceptors (Lipinski definition) is 3. The maximum Gasteiger partial charge on any atom is 0.128 e. The van der Waals surface area contributed by atoms with E-state index in [-0.39, 0.29) is 5.92 Å². The van der Waals surface area contributed by atoms with Gasteiger partial charge in [0.05, 0.1) is 6.07 Å². The second-order valence-corrected chi connectivity index (χ2v) is 1.46. The fourth-order valence-electron chi connectivity index (χ4n) is 0.474. The summed E-state index contributed by atoms with van der Waals surface area (Å²) in [6.45, 7) is 0.484. The first kappa shape index (κ1) is 4.98. The maximum atomic E-state index is 8.26. The van der Waals surface area contributed by atoms with Gasteiger partial charge in [0.15, 0.2) is 0 Å². The van der Waals surface area contributed by atoms with E-state index in [4.69, 9.17) is 5.26 Å². The van der Waals surface area contributed by atoms with Gasteiger partial charge < -0.3 is 0 Å². The van der Waals surface area contributed by atoms with Crippen LogP contribution in [-0.4, -0.2) is 19.1 Å². The molecule has 1 aliphatic heterocycles. The van der Waals surface area contributed by atoms with Gasteiger partial charge in [-0.3, -0.25) is 9.98 Å². The fraction of sp³-hybridized carbons (Fsp3) is 0.400. The molecule has 0 aromatic rings. The Labute approximate surface area is 47.4 Å². The van der Waals surface area contributed by atoms with Crippen LogP contribution in [-0.2, 0) is 0 Å². The topological polar surface area (TPSA) is 48.5 Å². The van der Waals surface area contributed by atoms with Crippen LogP contribution in [0.3, 0.4) is 0 Å². The molecule has 1 aliphatic rings. The standard InChI is InChI=1S/C5H5N3/c6-1-5-2-7-4-8-3-5/h2-3,5H,4H2. The van der Waals surface area contributed by atoms with E-state index in [1.165, 1.54) is 0 Å². The molecule has 0 radical (unpaired) electrons. The molecule has 0 aromatic carbocycles. The zero-order valence-corrected chi connectivity index (χ0v) is 4.28. The Bertz CT molecular complexity index is 151. The largest absolute Gasteiger partial charge is 0.272 e. The van der Waals surface area contributed by atoms with E-state index >= 15 is 0 Å². The van der Waals surface area contributed by atoms with Crippen molar-refractivity contribution in [1.29, 1.82) is 5.26 Å². The van der Waals surface area contributed by atoms with Gasteiger partial charge in [0.25, 0.3) is 0 Å². The summed E-state index contributed by atoms with van der Waals surface area (Å²) in [5.74, 6) is -0.191. The van der Waals surface area contributed by atoms with E-state index in [0.29, 0.717) is 6.67 Å². The summed E-state index contributed by atoms with van der Waals surface area (Å²) in [6.07, 6.45) is 3.21. The minimum absolute atomic E-state index is 0.191. The lowest BCUT2D eigenvalue weighted by atomic mass is 10.2. The summed E-state index contributed by atoms with van der Waals surface area (Å²) in [5.41, 5.74) is 0. The Morgan fingerprint density at radius 1 is 1.50 bits per heavy atom. The molecule has 8 heavy (non-hydrogen) atoms. The van der Waals surface area contributed by atoms with Crippen LogP contribution in [0.25, 0.3) is 0 Å². The van der Waals surface area contributed by atoms with Crippen LogP contribution < -0.4 is 0 Å². The van der Waals surface area contributed by atoms with Crippen molar-refractivity contribution in [3.63, 3.8) is 0 Å². The predicted molar refractivity (Wildman–Crippen MR) is 31.0 cm³/mol. The highest BCUT2D eigenvalue weighted by atomic mass is 14.9. The molecule has 0 unspecified atom stereocenters. The number of aliphatic imine (C=N–C) groups is 2. The average Bonchev–Trinajstić information content (AvgIpc) is 1.90. The minimum atomic E-state index is -0.191. The highest BCUT2D eigenvalue weighted by Gasteiger charge is 1.99. The van der Waals surface area contributed by atoms with Crippen LogP contribution in [0, 0.1) is 17.2 Å². The molecule has 0 fully saturated rings. The van der Waals surface area contributed by atoms with Crippen molar-refractivity contribution < 1.29 is 0 Å². The maximum absolute atomic E-state index is 8.26. The zero-order chi connectivity index (χ0) is 5.82. The first-order chi connectivity index (χ1) is 3.93. The van der Waals surface area contributed by atoms with Gasteiger partial charge in [0, 0.05) is 12.4 Å². The van der Waals surface area contributed by atoms with Gasteiger partial charge in [-0.15, -0.1) is 0 Å². The average molecular weight is 107 g/mol. The summed E-state index contributed by atoms with van der Waals surface area (Å²) in [5, 5.41) is 8.26. The second kappa shape index (κ2) is 2.22. The van der Waals surface area contributed by atoms with E-state index < -0.39 is 0 Å². The monoisotopic (exact) mass is 107 g/mol. The van der Waals surface area contributed by atoms with Crippen molar-refractivity contribution in [3.8, 4) is 6.07 Å². The molecule has 0 spiro atoms. The van der Waals surface area contributed by atoms with Crippen molar-refractivity contribution in [1.82, 2.24) is 0 Å². The number of rotatable bonds is 0. The van der Waals surface area contributed by atoms with Crippen molar-refractivity contribution in [2.45, 2.75) is 0 Å². The second-order valence-electron chi connectivity index (χ2n) is 1.46. The molecule has 3 nitrogen and oxygen atoms in total. The van der Waals surface area contributed by atoms with Gasteiger partial charge in [-0.05, 0) is 0 Å². The van der Waals surface area contributed by atoms with Gasteiger partial charge >= 0.3 is 0 Å². The van der Waals surface area contributed by atoms with Crippen LogP contribution >= 0.6 is 0 Å². The van der Waals surface area contributed by atoms with E-state index in [9.17, 15) is 0 Å². The third-order valence-corrected chi connectivity index (χ3v) is 0.844. The van der Waals surface area contributed by atoms with Crippen LogP contribution in [0.4, 0.5) is 0 Å². The molecule has 0 amide bonds. The Balaban J connectivity index is 2.58. The third-order valence-electron chi connectivity index (χ3n) is 0.844. The Morgan fingerprint density at radius 3 is 2.50 bits per heavy atom. The lowest BCUT2D eigenvalue weighted by molar-refractivity contribution is 1.02. The summed E-state index contributed by atoms with van der Waals surface area (Å²) in [4.78, 5) is 7.57. The number of nitriles is 1. The van der Waals surface area contributed by atoms with E-state index in [0.717, 1.165) is 0 Å². The summed E-state index contributed by atoms with van der Waals surface area (Å²) >= 11 is 0. The molecule has 0 aliphatic carbocycles. The lowest BCUT2D eigenvalue weighted by Gasteiger charge is -1.96. The molecular weight excluding hydrogens is 102 g/mol. The number of nitrogens with zero attached hydrogens (tertiary/aromatic N) is 3. The van der Waals surface area contributed by atoms with Crippen LogP contribution in [0.15, 0.2) is 9.98 Å². The summed E-state index contributed by atoms with van der Waals surface area (Å²) < 4.78 is 0. The van der Waals surface area contributed by atoms with E-state index in [1.807, 2.05) is 6.07 Å². The molecule has 0 N–H and O–H groups in total. The normalized spacial score (nSPS) is 18.4. The molecule has 0 saturated heterocycles. The van der Waals surface area contributed by atoms with Crippen LogP contribution in [0.2, 0.25) is 0 Å². The van der Waals surface area contributed by atoms with Crippen molar-refractivity contribution >= 4 is 12.4 Å². The van der Waals surface area contributed by atoms with E-state index in [1.54, 1.807) is 12.4 Å². The predicted octanol–water partition coefficient (Wildman–Crippen LogP) is 0.239. The van der Waals surface area contributed by atoms with Crippen LogP contribution in [0.1, 0.15) is 0 Å². The van der Waals surface area contributed by atoms with Gasteiger partial charge in [0.1, 0.15) is 12.6 Å². The minimum Gasteiger partial charge on any atom is -0.272 e. The molecule has 0 saturated carbocycles. The molecule has 0 aromatic heterocycles. The van der Waals surface area contributed by atoms with Crippen molar-refractivity contribution in [2.24, 2.45) is 15.9 Å². The Morgan fingerprint density at radius 2 is 2.12 bits per heavy atom. The molecular formula is C5H5N3. The van der Waals surface area contributed by atoms with Gasteiger partial charge in [-0.1, -0.05) is 0 Å². The Kier molecular flexibility index (Phi) is 1.38.